The molecule has 1 heterocycles. The molecule has 3 unspecified atom stereocenters. The van der Waals surface area contributed by atoms with Crippen molar-refractivity contribution in [2.75, 3.05) is 6.54 Å². The normalized spacial score (nSPS) is 27.1. The molecule has 16 heavy (non-hydrogen) atoms. The van der Waals surface area contributed by atoms with Gasteiger partial charge in [0.05, 0.1) is 6.10 Å². The Morgan fingerprint density at radius 1 is 1.56 bits per heavy atom. The van der Waals surface area contributed by atoms with Crippen molar-refractivity contribution in [3.63, 3.8) is 0 Å². The molecule has 1 aromatic heterocycles. The number of aliphatic hydroxyl groups is 1. The van der Waals surface area contributed by atoms with E-state index in [-0.39, 0.29) is 6.10 Å². The van der Waals surface area contributed by atoms with E-state index >= 15 is 0 Å². The number of hydrogen-bond acceptors (Lipinski definition) is 3. The molecule has 0 saturated heterocycles. The summed E-state index contributed by atoms with van der Waals surface area (Å²) in [6, 6.07) is 4.76. The van der Waals surface area contributed by atoms with Crippen LogP contribution in [-0.4, -0.2) is 17.8 Å². The van der Waals surface area contributed by atoms with Gasteiger partial charge in [-0.25, -0.2) is 0 Å². The summed E-state index contributed by atoms with van der Waals surface area (Å²) in [4.78, 5) is 1.41. The van der Waals surface area contributed by atoms with Crippen molar-refractivity contribution in [1.29, 1.82) is 0 Å². The van der Waals surface area contributed by atoms with Gasteiger partial charge in [0.15, 0.2) is 0 Å². The van der Waals surface area contributed by atoms with Gasteiger partial charge in [-0.05, 0) is 36.6 Å². The molecule has 2 rings (SSSR count). The fraction of sp³-hybridized carbons (Fsp3) is 0.692. The molecule has 3 atom stereocenters. The average Bonchev–Trinajstić information content (AvgIpc) is 2.92. The Hall–Kier alpha value is -0.380. The molecule has 2 N–H and O–H groups in total. The van der Waals surface area contributed by atoms with E-state index in [0.717, 1.165) is 19.4 Å². The molecule has 0 bridgehead atoms. The lowest BCUT2D eigenvalue weighted by Crippen LogP contribution is -2.30. The van der Waals surface area contributed by atoms with Gasteiger partial charge in [-0.1, -0.05) is 19.4 Å². The van der Waals surface area contributed by atoms with Gasteiger partial charge in [0.2, 0.25) is 0 Å². The molecule has 1 aromatic rings. The van der Waals surface area contributed by atoms with Crippen LogP contribution < -0.4 is 5.32 Å². The van der Waals surface area contributed by atoms with E-state index in [1.807, 2.05) is 11.3 Å². The van der Waals surface area contributed by atoms with Crippen LogP contribution in [0.1, 0.15) is 43.5 Å². The van der Waals surface area contributed by atoms with E-state index in [0.29, 0.717) is 12.0 Å². The van der Waals surface area contributed by atoms with Crippen molar-refractivity contribution in [2.24, 2.45) is 5.92 Å². The number of rotatable bonds is 5. The fourth-order valence-electron chi connectivity index (χ4n) is 2.48. The highest BCUT2D eigenvalue weighted by Crippen LogP contribution is 2.27. The second-order valence-electron chi connectivity index (χ2n) is 4.64. The molecular weight excluding hydrogens is 218 g/mol. The molecule has 0 amide bonds. The van der Waals surface area contributed by atoms with Gasteiger partial charge in [0, 0.05) is 17.5 Å². The molecule has 0 aliphatic heterocycles. The van der Waals surface area contributed by atoms with Crippen LogP contribution in [0.5, 0.6) is 0 Å². The highest BCUT2D eigenvalue weighted by molar-refractivity contribution is 7.10. The van der Waals surface area contributed by atoms with Crippen molar-refractivity contribution in [3.8, 4) is 0 Å². The Labute approximate surface area is 102 Å². The minimum absolute atomic E-state index is 0.0756. The van der Waals surface area contributed by atoms with Gasteiger partial charge in [-0.3, -0.25) is 0 Å². The van der Waals surface area contributed by atoms with Gasteiger partial charge >= 0.3 is 0 Å². The summed E-state index contributed by atoms with van der Waals surface area (Å²) in [5.74, 6) is 0.467. The highest BCUT2D eigenvalue weighted by atomic mass is 32.1. The van der Waals surface area contributed by atoms with Crippen molar-refractivity contribution < 1.29 is 5.11 Å². The van der Waals surface area contributed by atoms with Crippen LogP contribution in [0.2, 0.25) is 0 Å². The van der Waals surface area contributed by atoms with Gasteiger partial charge in [0.1, 0.15) is 0 Å². The zero-order valence-electron chi connectivity index (χ0n) is 9.86. The number of aliphatic hydroxyl groups excluding tert-OH is 1. The van der Waals surface area contributed by atoms with E-state index in [4.69, 9.17) is 0 Å². The first-order chi connectivity index (χ1) is 7.81. The minimum atomic E-state index is -0.0756. The molecule has 90 valence electrons. The Bertz CT molecular complexity index is 299. The fourth-order valence-corrected chi connectivity index (χ4v) is 3.37. The van der Waals surface area contributed by atoms with Gasteiger partial charge in [0.25, 0.3) is 0 Å². The summed E-state index contributed by atoms with van der Waals surface area (Å²) >= 11 is 1.81. The van der Waals surface area contributed by atoms with Crippen molar-refractivity contribution in [2.45, 2.75) is 44.8 Å². The van der Waals surface area contributed by atoms with Crippen LogP contribution in [-0.2, 0) is 0 Å². The third-order valence-electron chi connectivity index (χ3n) is 3.54. The molecule has 0 spiro atoms. The van der Waals surface area contributed by atoms with E-state index < -0.39 is 0 Å². The van der Waals surface area contributed by atoms with Crippen LogP contribution in [0, 0.1) is 5.92 Å². The monoisotopic (exact) mass is 239 g/mol. The molecule has 2 nitrogen and oxygen atoms in total. The van der Waals surface area contributed by atoms with E-state index in [9.17, 15) is 5.11 Å². The molecule has 1 fully saturated rings. The first-order valence-corrected chi connectivity index (χ1v) is 7.14. The third kappa shape index (κ3) is 2.84. The summed E-state index contributed by atoms with van der Waals surface area (Å²) in [6.45, 7) is 3.17. The molecule has 0 radical (unpaired) electrons. The number of nitrogens with one attached hydrogen (secondary N) is 1. The van der Waals surface area contributed by atoms with Crippen molar-refractivity contribution >= 4 is 11.3 Å². The Balaban J connectivity index is 1.83. The Morgan fingerprint density at radius 3 is 3.00 bits per heavy atom. The number of thiophene rings is 1. The third-order valence-corrected chi connectivity index (χ3v) is 4.53. The van der Waals surface area contributed by atoms with Gasteiger partial charge < -0.3 is 10.4 Å². The van der Waals surface area contributed by atoms with Crippen LogP contribution in [0.25, 0.3) is 0 Å². The smallest absolute Gasteiger partial charge is 0.0580 e. The zero-order valence-corrected chi connectivity index (χ0v) is 10.7. The van der Waals surface area contributed by atoms with E-state index in [1.54, 1.807) is 0 Å². The molecule has 1 saturated carbocycles. The zero-order chi connectivity index (χ0) is 11.4. The van der Waals surface area contributed by atoms with Crippen molar-refractivity contribution in [3.05, 3.63) is 22.4 Å². The van der Waals surface area contributed by atoms with Gasteiger partial charge in [-0.15, -0.1) is 11.3 Å². The maximum atomic E-state index is 9.77. The second-order valence-corrected chi connectivity index (χ2v) is 5.62. The highest BCUT2D eigenvalue weighted by Gasteiger charge is 2.25. The van der Waals surface area contributed by atoms with Crippen molar-refractivity contribution in [1.82, 2.24) is 5.32 Å². The van der Waals surface area contributed by atoms with Crippen LogP contribution in [0.4, 0.5) is 0 Å². The van der Waals surface area contributed by atoms with Crippen LogP contribution in [0.3, 0.4) is 0 Å². The summed E-state index contributed by atoms with van der Waals surface area (Å²) in [6.07, 6.45) is 4.39. The van der Waals surface area contributed by atoms with E-state index in [2.05, 4.69) is 29.8 Å². The standard InChI is InChI=1S/C13H21NOS/c1-2-11(13-7-4-8-16-13)14-9-10-5-3-6-12(10)15/h4,7-8,10-12,14-15H,2-3,5-6,9H2,1H3. The first kappa shape index (κ1) is 12.1. The molecule has 1 aliphatic carbocycles. The Morgan fingerprint density at radius 2 is 2.44 bits per heavy atom. The SMILES string of the molecule is CCC(NCC1CCCC1O)c1cccs1. The summed E-state index contributed by atoms with van der Waals surface area (Å²) in [5, 5.41) is 15.5. The van der Waals surface area contributed by atoms with E-state index in [1.165, 1.54) is 17.7 Å². The lowest BCUT2D eigenvalue weighted by Gasteiger charge is -2.20. The Kier molecular flexibility index (Phi) is 4.38. The predicted molar refractivity (Wildman–Crippen MR) is 68.7 cm³/mol. The second kappa shape index (κ2) is 5.80. The first-order valence-electron chi connectivity index (χ1n) is 6.26. The molecule has 1 aliphatic rings. The lowest BCUT2D eigenvalue weighted by atomic mass is 10.1. The predicted octanol–water partition coefficient (Wildman–Crippen LogP) is 2.95. The maximum Gasteiger partial charge on any atom is 0.0580 e. The summed E-state index contributed by atoms with van der Waals surface area (Å²) in [7, 11) is 0. The summed E-state index contributed by atoms with van der Waals surface area (Å²) < 4.78 is 0. The quantitative estimate of drug-likeness (QED) is 0.828. The average molecular weight is 239 g/mol. The molecule has 3 heteroatoms. The maximum absolute atomic E-state index is 9.77. The number of hydrogen-bond donors (Lipinski definition) is 2. The topological polar surface area (TPSA) is 32.3 Å². The van der Waals surface area contributed by atoms with Crippen LogP contribution in [0.15, 0.2) is 17.5 Å². The minimum Gasteiger partial charge on any atom is -0.393 e. The lowest BCUT2D eigenvalue weighted by molar-refractivity contribution is 0.130. The summed E-state index contributed by atoms with van der Waals surface area (Å²) in [5.41, 5.74) is 0. The molecule has 0 aromatic carbocycles. The molecular formula is C13H21NOS. The van der Waals surface area contributed by atoms with Gasteiger partial charge in [-0.2, -0.15) is 0 Å². The largest absolute Gasteiger partial charge is 0.393 e. The van der Waals surface area contributed by atoms with Crippen LogP contribution >= 0.6 is 11.3 Å².